The van der Waals surface area contributed by atoms with E-state index < -0.39 is 5.60 Å². The lowest BCUT2D eigenvalue weighted by Gasteiger charge is -2.35. The molecule has 1 aliphatic heterocycles. The number of piperazine rings is 1. The maximum Gasteiger partial charge on any atom is 0.410 e. The second-order valence-electron chi connectivity index (χ2n) is 7.56. The fourth-order valence-electron chi connectivity index (χ4n) is 2.71. The second kappa shape index (κ2) is 10.5. The summed E-state index contributed by atoms with van der Waals surface area (Å²) in [4.78, 5) is 20.9. The molecule has 2 rings (SSSR count). The Balaban J connectivity index is 1.69. The highest BCUT2D eigenvalue weighted by Gasteiger charge is 2.25. The standard InChI is InChI=1S/C19H33N5O2S/c1-5-20-17(22-14-16-6-13-27-15-16)21-7-8-23-9-11-24(12-10-23)18(25)26-19(2,3)4/h6,13,15H,5,7-12,14H2,1-4H3,(H2,20,21,22). The lowest BCUT2D eigenvalue weighted by Crippen LogP contribution is -2.51. The van der Waals surface area contributed by atoms with Crippen LogP contribution in [0.1, 0.15) is 33.3 Å². The van der Waals surface area contributed by atoms with Crippen molar-refractivity contribution < 1.29 is 9.53 Å². The molecule has 8 heteroatoms. The summed E-state index contributed by atoms with van der Waals surface area (Å²) in [5.74, 6) is 0.844. The fraction of sp³-hybridized carbons (Fsp3) is 0.684. The Kier molecular flexibility index (Phi) is 8.37. The number of ether oxygens (including phenoxy) is 1. The molecule has 27 heavy (non-hydrogen) atoms. The van der Waals surface area contributed by atoms with Gasteiger partial charge in [0.25, 0.3) is 0 Å². The number of hydrogen-bond acceptors (Lipinski definition) is 5. The van der Waals surface area contributed by atoms with Crippen molar-refractivity contribution in [3.05, 3.63) is 22.4 Å². The Morgan fingerprint density at radius 1 is 1.26 bits per heavy atom. The Morgan fingerprint density at radius 2 is 2.00 bits per heavy atom. The number of thiophene rings is 1. The predicted octanol–water partition coefficient (Wildman–Crippen LogP) is 2.36. The summed E-state index contributed by atoms with van der Waals surface area (Å²) in [6, 6.07) is 2.10. The van der Waals surface area contributed by atoms with Crippen molar-refractivity contribution in [2.24, 2.45) is 4.99 Å². The van der Waals surface area contributed by atoms with E-state index in [2.05, 4.69) is 44.3 Å². The van der Waals surface area contributed by atoms with Gasteiger partial charge in [-0.15, -0.1) is 0 Å². The molecule has 2 heterocycles. The molecule has 1 aromatic heterocycles. The number of nitrogens with zero attached hydrogens (tertiary/aromatic N) is 3. The van der Waals surface area contributed by atoms with Gasteiger partial charge in [0, 0.05) is 45.8 Å². The maximum atomic E-state index is 12.1. The van der Waals surface area contributed by atoms with Crippen molar-refractivity contribution in [2.75, 3.05) is 45.8 Å². The Morgan fingerprint density at radius 3 is 2.59 bits per heavy atom. The molecule has 1 amide bonds. The SMILES string of the molecule is CCNC(=NCc1ccsc1)NCCN1CCN(C(=O)OC(C)(C)C)CC1. The van der Waals surface area contributed by atoms with Crippen LogP contribution in [0, 0.1) is 0 Å². The van der Waals surface area contributed by atoms with Crippen LogP contribution < -0.4 is 10.6 Å². The first kappa shape index (κ1) is 21.5. The molecule has 1 aromatic rings. The minimum absolute atomic E-state index is 0.213. The van der Waals surface area contributed by atoms with Gasteiger partial charge in [-0.2, -0.15) is 11.3 Å². The van der Waals surface area contributed by atoms with E-state index in [9.17, 15) is 4.79 Å². The molecule has 152 valence electrons. The molecule has 1 saturated heterocycles. The van der Waals surface area contributed by atoms with Gasteiger partial charge in [-0.1, -0.05) is 0 Å². The first-order valence-corrected chi connectivity index (χ1v) is 10.5. The first-order valence-electron chi connectivity index (χ1n) is 9.61. The molecule has 0 spiro atoms. The van der Waals surface area contributed by atoms with Crippen molar-refractivity contribution in [2.45, 2.75) is 39.8 Å². The van der Waals surface area contributed by atoms with Crippen molar-refractivity contribution in [3.8, 4) is 0 Å². The number of hydrogen-bond donors (Lipinski definition) is 2. The van der Waals surface area contributed by atoms with Crippen LogP contribution in [-0.2, 0) is 11.3 Å². The fourth-order valence-corrected chi connectivity index (χ4v) is 3.37. The Bertz CT molecular complexity index is 590. The van der Waals surface area contributed by atoms with Gasteiger partial charge in [0.1, 0.15) is 5.60 Å². The van der Waals surface area contributed by atoms with Gasteiger partial charge < -0.3 is 20.3 Å². The summed E-state index contributed by atoms with van der Waals surface area (Å²) in [5.41, 5.74) is 0.791. The van der Waals surface area contributed by atoms with Gasteiger partial charge in [0.2, 0.25) is 0 Å². The van der Waals surface area contributed by atoms with Crippen LogP contribution in [-0.4, -0.2) is 73.3 Å². The third kappa shape index (κ3) is 8.17. The van der Waals surface area contributed by atoms with Gasteiger partial charge in [-0.3, -0.25) is 4.90 Å². The summed E-state index contributed by atoms with van der Waals surface area (Å²) in [7, 11) is 0. The number of carbonyl (C=O) groups is 1. The van der Waals surface area contributed by atoms with Crippen LogP contribution in [0.25, 0.3) is 0 Å². The van der Waals surface area contributed by atoms with Crippen molar-refractivity contribution in [1.29, 1.82) is 0 Å². The summed E-state index contributed by atoms with van der Waals surface area (Å²) < 4.78 is 5.44. The first-order chi connectivity index (χ1) is 12.9. The van der Waals surface area contributed by atoms with Crippen molar-refractivity contribution in [3.63, 3.8) is 0 Å². The molecule has 0 bridgehead atoms. The second-order valence-corrected chi connectivity index (χ2v) is 8.34. The lowest BCUT2D eigenvalue weighted by atomic mass is 10.2. The average Bonchev–Trinajstić information content (AvgIpc) is 3.12. The zero-order valence-electron chi connectivity index (χ0n) is 17.0. The van der Waals surface area contributed by atoms with E-state index in [1.807, 2.05) is 20.8 Å². The van der Waals surface area contributed by atoms with Crippen LogP contribution in [0.2, 0.25) is 0 Å². The summed E-state index contributed by atoms with van der Waals surface area (Å²) in [5, 5.41) is 10.9. The predicted molar refractivity (Wildman–Crippen MR) is 111 cm³/mol. The highest BCUT2D eigenvalue weighted by Crippen LogP contribution is 2.11. The van der Waals surface area contributed by atoms with E-state index in [1.54, 1.807) is 16.2 Å². The van der Waals surface area contributed by atoms with Crippen LogP contribution in [0.4, 0.5) is 4.79 Å². The number of carbonyl (C=O) groups excluding carboxylic acids is 1. The average molecular weight is 396 g/mol. The van der Waals surface area contributed by atoms with Gasteiger partial charge in [-0.25, -0.2) is 9.79 Å². The molecule has 0 radical (unpaired) electrons. The number of rotatable bonds is 6. The molecule has 0 aromatic carbocycles. The molecular weight excluding hydrogens is 362 g/mol. The molecular formula is C19H33N5O2S. The molecule has 0 saturated carbocycles. The Labute approximate surface area is 166 Å². The van der Waals surface area contributed by atoms with Crippen molar-refractivity contribution in [1.82, 2.24) is 20.4 Å². The van der Waals surface area contributed by atoms with E-state index in [0.29, 0.717) is 19.6 Å². The summed E-state index contributed by atoms with van der Waals surface area (Å²) >= 11 is 1.69. The van der Waals surface area contributed by atoms with E-state index in [4.69, 9.17) is 4.74 Å². The monoisotopic (exact) mass is 395 g/mol. The smallest absolute Gasteiger partial charge is 0.410 e. The number of guanidine groups is 1. The lowest BCUT2D eigenvalue weighted by molar-refractivity contribution is 0.0147. The minimum atomic E-state index is -0.441. The number of nitrogens with one attached hydrogen (secondary N) is 2. The van der Waals surface area contributed by atoms with Gasteiger partial charge in [0.05, 0.1) is 6.54 Å². The number of aliphatic imine (C=N–C) groups is 1. The summed E-state index contributed by atoms with van der Waals surface area (Å²) in [6.07, 6.45) is -0.213. The minimum Gasteiger partial charge on any atom is -0.444 e. The zero-order chi connectivity index (χ0) is 19.7. The zero-order valence-corrected chi connectivity index (χ0v) is 17.8. The molecule has 2 N–H and O–H groups in total. The summed E-state index contributed by atoms with van der Waals surface area (Å²) in [6.45, 7) is 14.2. The Hall–Kier alpha value is -1.80. The molecule has 7 nitrogen and oxygen atoms in total. The van der Waals surface area contributed by atoms with Crippen molar-refractivity contribution >= 4 is 23.4 Å². The van der Waals surface area contributed by atoms with Gasteiger partial charge in [-0.05, 0) is 50.1 Å². The highest BCUT2D eigenvalue weighted by atomic mass is 32.1. The molecule has 0 aliphatic carbocycles. The molecule has 0 atom stereocenters. The van der Waals surface area contributed by atoms with E-state index >= 15 is 0 Å². The van der Waals surface area contributed by atoms with E-state index in [0.717, 1.165) is 38.7 Å². The third-order valence-electron chi connectivity index (χ3n) is 4.09. The van der Waals surface area contributed by atoms with Gasteiger partial charge >= 0.3 is 6.09 Å². The van der Waals surface area contributed by atoms with Crippen LogP contribution in [0.5, 0.6) is 0 Å². The molecule has 1 aliphatic rings. The molecule has 0 unspecified atom stereocenters. The van der Waals surface area contributed by atoms with Crippen LogP contribution >= 0.6 is 11.3 Å². The van der Waals surface area contributed by atoms with E-state index in [1.165, 1.54) is 5.56 Å². The van der Waals surface area contributed by atoms with Crippen LogP contribution in [0.3, 0.4) is 0 Å². The largest absolute Gasteiger partial charge is 0.444 e. The molecule has 1 fully saturated rings. The highest BCUT2D eigenvalue weighted by molar-refractivity contribution is 7.07. The van der Waals surface area contributed by atoms with E-state index in [-0.39, 0.29) is 6.09 Å². The number of amides is 1. The topological polar surface area (TPSA) is 69.2 Å². The maximum absolute atomic E-state index is 12.1. The third-order valence-corrected chi connectivity index (χ3v) is 4.82. The quantitative estimate of drug-likeness (QED) is 0.572. The normalized spacial score (nSPS) is 16.3. The van der Waals surface area contributed by atoms with Gasteiger partial charge in [0.15, 0.2) is 5.96 Å². The van der Waals surface area contributed by atoms with Crippen LogP contribution in [0.15, 0.2) is 21.8 Å².